The minimum Gasteiger partial charge on any atom is -0.397 e. The molecule has 4 rings (SSSR count). The third-order valence-corrected chi connectivity index (χ3v) is 6.29. The van der Waals surface area contributed by atoms with Crippen LogP contribution in [0.1, 0.15) is 45.8 Å². The van der Waals surface area contributed by atoms with Crippen LogP contribution in [-0.4, -0.2) is 29.3 Å². The lowest BCUT2D eigenvalue weighted by molar-refractivity contribution is -0.759. The number of fused-ring (bicyclic) bond motifs is 1. The van der Waals surface area contributed by atoms with Gasteiger partial charge in [0.15, 0.2) is 0 Å². The molecule has 3 N–H and O–H groups in total. The second kappa shape index (κ2) is 6.80. The monoisotopic (exact) mass is 387 g/mol. The number of aromatic nitrogens is 3. The zero-order valence-corrected chi connectivity index (χ0v) is 16.5. The number of nitrogens with one attached hydrogen (secondary N) is 1. The quantitative estimate of drug-likeness (QED) is 0.670. The maximum absolute atomic E-state index is 12.8. The van der Waals surface area contributed by atoms with E-state index < -0.39 is 0 Å². The van der Waals surface area contributed by atoms with Crippen LogP contribution < -0.4 is 20.9 Å². The number of thiophene rings is 1. The summed E-state index contributed by atoms with van der Waals surface area (Å²) >= 11 is 1.30. The average Bonchev–Trinajstić information content (AvgIpc) is 3.25. The molecule has 3 aromatic rings. The number of nitrogens with zero attached hydrogens (tertiary/aromatic N) is 4. The van der Waals surface area contributed by atoms with Gasteiger partial charge in [0.1, 0.15) is 9.71 Å². The maximum Gasteiger partial charge on any atom is 0.306 e. The molecule has 1 aliphatic rings. The Balaban J connectivity index is 1.59. The average molecular weight is 387 g/mol. The van der Waals surface area contributed by atoms with Crippen molar-refractivity contribution in [3.63, 3.8) is 0 Å². The lowest BCUT2D eigenvalue weighted by Crippen LogP contribution is -2.60. The highest BCUT2D eigenvalue weighted by Crippen LogP contribution is 2.36. The molecule has 0 aromatic carbocycles. The van der Waals surface area contributed by atoms with Gasteiger partial charge in [-0.25, -0.2) is 4.98 Å². The fourth-order valence-electron chi connectivity index (χ4n) is 3.41. The Morgan fingerprint density at radius 1 is 1.26 bits per heavy atom. The Morgan fingerprint density at radius 2 is 2.00 bits per heavy atom. The van der Waals surface area contributed by atoms with Crippen molar-refractivity contribution < 1.29 is 14.1 Å². The third kappa shape index (κ3) is 3.12. The number of nitrogen functional groups attached to an aromatic ring is 1. The number of nitrogens with two attached hydrogens (primary N) is 1. The molecule has 0 unspecified atom stereocenters. The first-order chi connectivity index (χ1) is 13.0. The Bertz CT molecular complexity index is 1020. The van der Waals surface area contributed by atoms with Crippen molar-refractivity contribution >= 4 is 39.0 Å². The molecule has 1 aliphatic heterocycles. The summed E-state index contributed by atoms with van der Waals surface area (Å²) in [5.74, 6) is -0.0216. The van der Waals surface area contributed by atoms with Crippen LogP contribution in [0.2, 0.25) is 0 Å². The largest absolute Gasteiger partial charge is 0.397 e. The molecule has 0 bridgehead atoms. The Kier molecular flexibility index (Phi) is 4.47. The number of piperidine rings is 1. The SMILES string of the molecule is Cc1nc2sc(C(=O)Nc3c[n+](N4CCCCC4)no3)c(N)c2c(C)c1C. The molecule has 0 spiro atoms. The molecule has 142 valence electrons. The van der Waals surface area contributed by atoms with Crippen LogP contribution in [-0.2, 0) is 0 Å². The van der Waals surface area contributed by atoms with Gasteiger partial charge in [-0.2, -0.15) is 5.01 Å². The van der Waals surface area contributed by atoms with Gasteiger partial charge in [-0.1, -0.05) is 0 Å². The number of carbonyl (C=O) groups excluding carboxylic acids is 1. The number of aryl methyl sites for hydroxylation is 2. The van der Waals surface area contributed by atoms with E-state index in [2.05, 4.69) is 20.6 Å². The van der Waals surface area contributed by atoms with E-state index in [1.165, 1.54) is 17.8 Å². The van der Waals surface area contributed by atoms with Gasteiger partial charge in [0, 0.05) is 11.1 Å². The van der Waals surface area contributed by atoms with Crippen molar-refractivity contribution in [2.24, 2.45) is 0 Å². The molecule has 0 radical (unpaired) electrons. The number of hydrogen-bond acceptors (Lipinski definition) is 7. The van der Waals surface area contributed by atoms with Crippen molar-refractivity contribution in [2.75, 3.05) is 29.1 Å². The number of rotatable bonds is 3. The standard InChI is InChI=1S/C18H22N6O2S/c1-10-11(2)14-15(19)16(27-18(14)20-12(10)3)17(25)21-13-9-24(22-26-13)23-7-5-4-6-8-23/h9H,4-8H2,1-3H3,(H2-,19,21,22,25)/p+1. The van der Waals surface area contributed by atoms with E-state index in [1.54, 1.807) is 11.0 Å². The van der Waals surface area contributed by atoms with Crippen molar-refractivity contribution in [1.29, 1.82) is 0 Å². The summed E-state index contributed by atoms with van der Waals surface area (Å²) in [5, 5.41) is 9.71. The van der Waals surface area contributed by atoms with Crippen LogP contribution in [0.15, 0.2) is 10.7 Å². The summed E-state index contributed by atoms with van der Waals surface area (Å²) in [5.41, 5.74) is 9.85. The van der Waals surface area contributed by atoms with E-state index in [9.17, 15) is 4.79 Å². The Labute approximate surface area is 160 Å². The van der Waals surface area contributed by atoms with Gasteiger partial charge in [0.05, 0.1) is 23.6 Å². The molecule has 1 amide bonds. The van der Waals surface area contributed by atoms with E-state index in [4.69, 9.17) is 10.3 Å². The highest BCUT2D eigenvalue weighted by molar-refractivity contribution is 7.21. The van der Waals surface area contributed by atoms with E-state index in [0.717, 1.165) is 53.0 Å². The maximum atomic E-state index is 12.8. The normalized spacial score (nSPS) is 14.7. The number of anilines is 2. The van der Waals surface area contributed by atoms with Crippen molar-refractivity contribution in [1.82, 2.24) is 10.3 Å². The van der Waals surface area contributed by atoms with E-state index in [-0.39, 0.29) is 5.91 Å². The molecule has 1 fully saturated rings. The van der Waals surface area contributed by atoms with Crippen LogP contribution in [0.5, 0.6) is 0 Å². The van der Waals surface area contributed by atoms with Crippen molar-refractivity contribution in [2.45, 2.75) is 40.0 Å². The predicted molar refractivity (Wildman–Crippen MR) is 105 cm³/mol. The Morgan fingerprint density at radius 3 is 2.74 bits per heavy atom. The highest BCUT2D eigenvalue weighted by Gasteiger charge is 2.25. The van der Waals surface area contributed by atoms with Crippen LogP contribution in [0, 0.1) is 20.8 Å². The first kappa shape index (κ1) is 17.7. The summed E-state index contributed by atoms with van der Waals surface area (Å²) in [6.45, 7) is 7.84. The summed E-state index contributed by atoms with van der Waals surface area (Å²) in [6.07, 6.45) is 5.18. The number of amides is 1. The topological polar surface area (TPSA) is 101 Å². The number of pyridine rings is 1. The van der Waals surface area contributed by atoms with Gasteiger partial charge in [-0.05, 0) is 51.2 Å². The summed E-state index contributed by atoms with van der Waals surface area (Å²) in [6, 6.07) is 0. The van der Waals surface area contributed by atoms with Gasteiger partial charge in [0.2, 0.25) is 5.27 Å². The lowest BCUT2D eigenvalue weighted by Gasteiger charge is -2.17. The lowest BCUT2D eigenvalue weighted by atomic mass is 10.1. The molecule has 27 heavy (non-hydrogen) atoms. The van der Waals surface area contributed by atoms with Crippen LogP contribution in [0.3, 0.4) is 0 Å². The minimum absolute atomic E-state index is 0.291. The fraction of sp³-hybridized carbons (Fsp3) is 0.444. The molecule has 3 aromatic heterocycles. The molecule has 0 saturated carbocycles. The minimum atomic E-state index is -0.313. The van der Waals surface area contributed by atoms with E-state index in [0.29, 0.717) is 16.4 Å². The van der Waals surface area contributed by atoms with Gasteiger partial charge < -0.3 is 5.73 Å². The van der Waals surface area contributed by atoms with Gasteiger partial charge in [0.25, 0.3) is 12.1 Å². The molecule has 0 atom stereocenters. The number of hydrogen-bond donors (Lipinski definition) is 2. The first-order valence-corrected chi connectivity index (χ1v) is 9.88. The molecule has 0 aliphatic carbocycles. The van der Waals surface area contributed by atoms with Crippen LogP contribution in [0.25, 0.3) is 10.2 Å². The van der Waals surface area contributed by atoms with Crippen LogP contribution in [0.4, 0.5) is 11.6 Å². The summed E-state index contributed by atoms with van der Waals surface area (Å²) < 4.78 is 5.27. The summed E-state index contributed by atoms with van der Waals surface area (Å²) in [4.78, 5) is 20.2. The third-order valence-electron chi connectivity index (χ3n) is 5.20. The summed E-state index contributed by atoms with van der Waals surface area (Å²) in [7, 11) is 0. The molecule has 1 saturated heterocycles. The predicted octanol–water partition coefficient (Wildman–Crippen LogP) is 2.45. The zero-order valence-electron chi connectivity index (χ0n) is 15.7. The van der Waals surface area contributed by atoms with Crippen molar-refractivity contribution in [3.05, 3.63) is 27.9 Å². The van der Waals surface area contributed by atoms with Gasteiger partial charge in [-0.3, -0.25) is 14.6 Å². The molecule has 9 heteroatoms. The molecule has 4 heterocycles. The van der Waals surface area contributed by atoms with Crippen molar-refractivity contribution in [3.8, 4) is 0 Å². The van der Waals surface area contributed by atoms with E-state index in [1.807, 2.05) is 20.8 Å². The van der Waals surface area contributed by atoms with Gasteiger partial charge in [-0.15, -0.1) is 11.3 Å². The van der Waals surface area contributed by atoms with E-state index >= 15 is 0 Å². The van der Waals surface area contributed by atoms with Crippen LogP contribution >= 0.6 is 11.3 Å². The second-order valence-corrected chi connectivity index (χ2v) is 7.93. The number of carbonyl (C=O) groups is 1. The fourth-order valence-corrected chi connectivity index (χ4v) is 4.51. The first-order valence-electron chi connectivity index (χ1n) is 9.06. The molecular weight excluding hydrogens is 364 g/mol. The smallest absolute Gasteiger partial charge is 0.306 e. The Hall–Kier alpha value is -2.68. The molecule has 8 nitrogen and oxygen atoms in total. The zero-order chi connectivity index (χ0) is 19.1. The highest BCUT2D eigenvalue weighted by atomic mass is 32.1. The molecular formula is C18H23N6O2S+. The second-order valence-electron chi connectivity index (χ2n) is 6.93. The van der Waals surface area contributed by atoms with Gasteiger partial charge >= 0.3 is 5.88 Å².